The number of fused-ring (bicyclic) bond motifs is 1. The predicted octanol–water partition coefficient (Wildman–Crippen LogP) is 2.33. The van der Waals surface area contributed by atoms with Crippen molar-refractivity contribution >= 4 is 23.6 Å². The molecule has 0 bridgehead atoms. The summed E-state index contributed by atoms with van der Waals surface area (Å²) >= 11 is 0. The van der Waals surface area contributed by atoms with E-state index in [0.29, 0.717) is 30.5 Å². The summed E-state index contributed by atoms with van der Waals surface area (Å²) in [6.07, 6.45) is 7.54. The molecule has 1 unspecified atom stereocenters. The van der Waals surface area contributed by atoms with Crippen LogP contribution < -0.4 is 10.1 Å². The number of hydrogen-bond acceptors (Lipinski definition) is 6. The number of nitrogens with zero attached hydrogens (tertiary/aromatic N) is 3. The van der Waals surface area contributed by atoms with Crippen LogP contribution in [0, 0.1) is 11.8 Å². The Labute approximate surface area is 223 Å². The number of carbonyl (C=O) groups is 4. The first-order valence-electron chi connectivity index (χ1n) is 14.3. The molecule has 1 saturated carbocycles. The van der Waals surface area contributed by atoms with E-state index in [1.807, 2.05) is 23.1 Å². The first-order valence-corrected chi connectivity index (χ1v) is 14.3. The number of carbonyl (C=O) groups excluding carboxylic acids is 4. The summed E-state index contributed by atoms with van der Waals surface area (Å²) in [6, 6.07) is 5.48. The Bertz CT molecular complexity index is 1120. The zero-order valence-electron chi connectivity index (χ0n) is 22.2. The highest BCUT2D eigenvalue weighted by Gasteiger charge is 2.43. The standard InChI is InChI=1S/C29H38N4O5/c1-18(34)31-12-10-19(11-13-31)21-15-32(16-21)24-4-2-3-5-26(24)38-22-6-7-23-20(14-22)17-33(29(23)37)25-8-9-27(35)30-28(25)36/h6-7,14,19,21,24-26H,2-5,8-13,15-17H2,1H3,(H,30,35,36)/t24-,25?,26+/m0/s1. The third-order valence-corrected chi connectivity index (χ3v) is 9.51. The van der Waals surface area contributed by atoms with Gasteiger partial charge >= 0.3 is 0 Å². The molecule has 1 aromatic carbocycles. The zero-order chi connectivity index (χ0) is 26.4. The molecule has 9 heteroatoms. The molecule has 0 spiro atoms. The van der Waals surface area contributed by atoms with Crippen LogP contribution in [0.1, 0.15) is 74.2 Å². The van der Waals surface area contributed by atoms with Gasteiger partial charge in [0, 0.05) is 57.7 Å². The maximum atomic E-state index is 13.0. The van der Waals surface area contributed by atoms with E-state index >= 15 is 0 Å². The van der Waals surface area contributed by atoms with Crippen molar-refractivity contribution in [3.63, 3.8) is 0 Å². The van der Waals surface area contributed by atoms with E-state index in [-0.39, 0.29) is 36.2 Å². The van der Waals surface area contributed by atoms with Crippen LogP contribution in [0.4, 0.5) is 0 Å². The smallest absolute Gasteiger partial charge is 0.255 e. The third-order valence-electron chi connectivity index (χ3n) is 9.51. The maximum absolute atomic E-state index is 13.0. The van der Waals surface area contributed by atoms with Gasteiger partial charge < -0.3 is 14.5 Å². The lowest BCUT2D eigenvalue weighted by Gasteiger charge is -2.51. The van der Waals surface area contributed by atoms with Gasteiger partial charge in [-0.2, -0.15) is 0 Å². The fourth-order valence-corrected chi connectivity index (χ4v) is 7.24. The molecule has 4 heterocycles. The van der Waals surface area contributed by atoms with Gasteiger partial charge in [0.25, 0.3) is 5.91 Å². The van der Waals surface area contributed by atoms with E-state index in [4.69, 9.17) is 4.74 Å². The van der Waals surface area contributed by atoms with Gasteiger partial charge in [-0.1, -0.05) is 6.42 Å². The van der Waals surface area contributed by atoms with Crippen molar-refractivity contribution in [2.24, 2.45) is 11.8 Å². The second kappa shape index (κ2) is 10.3. The molecule has 38 heavy (non-hydrogen) atoms. The molecule has 3 atom stereocenters. The van der Waals surface area contributed by atoms with E-state index in [0.717, 1.165) is 75.5 Å². The van der Waals surface area contributed by atoms with Gasteiger partial charge in [-0.3, -0.25) is 29.4 Å². The Morgan fingerprint density at radius 3 is 2.47 bits per heavy atom. The monoisotopic (exact) mass is 522 g/mol. The van der Waals surface area contributed by atoms with Crippen LogP contribution in [0.2, 0.25) is 0 Å². The van der Waals surface area contributed by atoms with Crippen molar-refractivity contribution in [2.45, 2.75) is 83.0 Å². The third kappa shape index (κ3) is 4.81. The number of ether oxygens (including phenoxy) is 1. The van der Waals surface area contributed by atoms with Crippen molar-refractivity contribution in [1.82, 2.24) is 20.0 Å². The lowest BCUT2D eigenvalue weighted by molar-refractivity contribution is -0.137. The fraction of sp³-hybridized carbons (Fsp3) is 0.655. The van der Waals surface area contributed by atoms with E-state index in [1.54, 1.807) is 11.8 Å². The topological polar surface area (TPSA) is 99.3 Å². The van der Waals surface area contributed by atoms with Crippen molar-refractivity contribution in [3.8, 4) is 5.75 Å². The molecular formula is C29H38N4O5. The number of piperidine rings is 2. The minimum absolute atomic E-state index is 0.130. The van der Waals surface area contributed by atoms with Gasteiger partial charge in [-0.15, -0.1) is 0 Å². The van der Waals surface area contributed by atoms with Crippen LogP contribution in [0.5, 0.6) is 5.75 Å². The second-order valence-electron chi connectivity index (χ2n) is 11.8. The molecule has 4 aliphatic heterocycles. The molecule has 1 N–H and O–H groups in total. The summed E-state index contributed by atoms with van der Waals surface area (Å²) in [4.78, 5) is 54.7. The molecule has 0 aromatic heterocycles. The molecule has 3 saturated heterocycles. The average molecular weight is 523 g/mol. The Balaban J connectivity index is 1.06. The van der Waals surface area contributed by atoms with Crippen LogP contribution in [0.25, 0.3) is 0 Å². The second-order valence-corrected chi connectivity index (χ2v) is 11.8. The lowest BCUT2D eigenvalue weighted by atomic mass is 9.77. The van der Waals surface area contributed by atoms with Gasteiger partial charge in [0.1, 0.15) is 17.9 Å². The summed E-state index contributed by atoms with van der Waals surface area (Å²) in [5, 5.41) is 2.36. The van der Waals surface area contributed by atoms with E-state index in [9.17, 15) is 19.2 Å². The minimum atomic E-state index is -0.603. The first-order chi connectivity index (χ1) is 18.4. The van der Waals surface area contributed by atoms with E-state index in [1.165, 1.54) is 6.42 Å². The molecule has 1 aliphatic carbocycles. The molecule has 5 aliphatic rings. The SMILES string of the molecule is CC(=O)N1CCC(C2CN([C@H]3CCCC[C@H]3Oc3ccc4c(c3)CN(C3CCC(=O)NC3=O)C4=O)C2)CC1. The van der Waals surface area contributed by atoms with Crippen LogP contribution in [0.15, 0.2) is 18.2 Å². The molecule has 6 rings (SSSR count). The summed E-state index contributed by atoms with van der Waals surface area (Å²) in [6.45, 7) is 6.06. The molecule has 1 aromatic rings. The summed E-state index contributed by atoms with van der Waals surface area (Å²) in [7, 11) is 0. The van der Waals surface area contributed by atoms with Crippen LogP contribution in [0.3, 0.4) is 0 Å². The summed E-state index contributed by atoms with van der Waals surface area (Å²) in [5.41, 5.74) is 1.49. The van der Waals surface area contributed by atoms with Crippen molar-refractivity contribution in [3.05, 3.63) is 29.3 Å². The van der Waals surface area contributed by atoms with Crippen molar-refractivity contribution in [1.29, 1.82) is 0 Å². The largest absolute Gasteiger partial charge is 0.489 e. The zero-order valence-corrected chi connectivity index (χ0v) is 22.2. The number of hydrogen-bond donors (Lipinski definition) is 1. The summed E-state index contributed by atoms with van der Waals surface area (Å²) < 4.78 is 6.58. The highest BCUT2D eigenvalue weighted by atomic mass is 16.5. The number of rotatable bonds is 5. The molecular weight excluding hydrogens is 484 g/mol. The minimum Gasteiger partial charge on any atom is -0.489 e. The normalized spacial score (nSPS) is 29.2. The maximum Gasteiger partial charge on any atom is 0.255 e. The average Bonchev–Trinajstić information content (AvgIpc) is 3.20. The molecule has 4 fully saturated rings. The molecule has 0 radical (unpaired) electrons. The quantitative estimate of drug-likeness (QED) is 0.596. The number of amides is 4. The van der Waals surface area contributed by atoms with Crippen molar-refractivity contribution < 1.29 is 23.9 Å². The molecule has 204 valence electrons. The van der Waals surface area contributed by atoms with E-state index < -0.39 is 6.04 Å². The van der Waals surface area contributed by atoms with Gasteiger partial charge in [-0.25, -0.2) is 0 Å². The number of imide groups is 1. The number of likely N-dealkylation sites (tertiary alicyclic amines) is 2. The number of nitrogens with one attached hydrogen (secondary N) is 1. The van der Waals surface area contributed by atoms with Gasteiger partial charge in [0.05, 0.1) is 0 Å². The molecule has 9 nitrogen and oxygen atoms in total. The van der Waals surface area contributed by atoms with Gasteiger partial charge in [-0.05, 0) is 74.1 Å². The number of benzene rings is 1. The lowest BCUT2D eigenvalue weighted by Crippen LogP contribution is -2.60. The van der Waals surface area contributed by atoms with Crippen molar-refractivity contribution in [2.75, 3.05) is 26.2 Å². The van der Waals surface area contributed by atoms with Gasteiger partial charge in [0.15, 0.2) is 0 Å². The highest BCUT2D eigenvalue weighted by molar-refractivity contribution is 6.05. The van der Waals surface area contributed by atoms with Crippen LogP contribution in [-0.4, -0.2) is 82.7 Å². The van der Waals surface area contributed by atoms with Crippen LogP contribution in [-0.2, 0) is 20.9 Å². The summed E-state index contributed by atoms with van der Waals surface area (Å²) in [5.74, 6) is 1.59. The first kappa shape index (κ1) is 25.3. The molecule has 4 amide bonds. The Morgan fingerprint density at radius 2 is 1.74 bits per heavy atom. The van der Waals surface area contributed by atoms with Crippen LogP contribution >= 0.6 is 0 Å². The van der Waals surface area contributed by atoms with Gasteiger partial charge in [0.2, 0.25) is 17.7 Å². The Hall–Kier alpha value is -2.94. The fourth-order valence-electron chi connectivity index (χ4n) is 7.24. The highest BCUT2D eigenvalue weighted by Crippen LogP contribution is 2.38. The van der Waals surface area contributed by atoms with E-state index in [2.05, 4.69) is 10.2 Å². The Morgan fingerprint density at radius 1 is 0.974 bits per heavy atom. The predicted molar refractivity (Wildman–Crippen MR) is 139 cm³/mol. The Kier molecular flexibility index (Phi) is 6.88.